The van der Waals surface area contributed by atoms with Crippen molar-refractivity contribution in [1.82, 2.24) is 0 Å². The molecule has 0 aromatic heterocycles. The molecule has 136 valence electrons. The Kier molecular flexibility index (Phi) is 3.75. The topological polar surface area (TPSA) is 68.2 Å². The molecule has 2 aliphatic heterocycles. The van der Waals surface area contributed by atoms with Crippen LogP contribution in [-0.2, 0) is 6.42 Å². The van der Waals surface area contributed by atoms with Crippen LogP contribution in [0.3, 0.4) is 0 Å². The van der Waals surface area contributed by atoms with Crippen LogP contribution in [0.1, 0.15) is 36.5 Å². The fraction of sp³-hybridized carbons (Fsp3) is 0.333. The molecule has 0 saturated heterocycles. The molecule has 0 aliphatic carbocycles. The number of phenols is 2. The van der Waals surface area contributed by atoms with E-state index in [1.54, 1.807) is 12.1 Å². The van der Waals surface area contributed by atoms with Gasteiger partial charge in [-0.15, -0.1) is 0 Å². The van der Waals surface area contributed by atoms with Crippen molar-refractivity contribution in [2.45, 2.75) is 31.8 Å². The van der Waals surface area contributed by atoms with E-state index in [4.69, 9.17) is 14.2 Å². The van der Waals surface area contributed by atoms with Gasteiger partial charge in [0.1, 0.15) is 17.1 Å². The lowest BCUT2D eigenvalue weighted by molar-refractivity contribution is 0.157. The second kappa shape index (κ2) is 5.87. The molecular weight excluding hydrogens is 332 g/mol. The minimum absolute atomic E-state index is 0.0534. The number of methoxy groups -OCH3 is 1. The SMILES string of the molecule is COc1ccc(C2COc3c(ccc4c3C=CC(C)(C)O4)C2)c(O)c1O. The molecule has 0 bridgehead atoms. The van der Waals surface area contributed by atoms with Crippen molar-refractivity contribution >= 4 is 6.08 Å². The van der Waals surface area contributed by atoms with Gasteiger partial charge in [-0.2, -0.15) is 0 Å². The molecule has 2 aromatic rings. The summed E-state index contributed by atoms with van der Waals surface area (Å²) >= 11 is 0. The highest BCUT2D eigenvalue weighted by Gasteiger charge is 2.30. The molecule has 0 radical (unpaired) electrons. The number of hydrogen-bond acceptors (Lipinski definition) is 5. The van der Waals surface area contributed by atoms with Gasteiger partial charge in [0.25, 0.3) is 0 Å². The van der Waals surface area contributed by atoms with Crippen molar-refractivity contribution in [2.75, 3.05) is 13.7 Å². The van der Waals surface area contributed by atoms with E-state index in [1.807, 2.05) is 32.1 Å². The monoisotopic (exact) mass is 354 g/mol. The molecule has 1 unspecified atom stereocenters. The summed E-state index contributed by atoms with van der Waals surface area (Å²) in [6, 6.07) is 7.41. The van der Waals surface area contributed by atoms with Crippen LogP contribution in [0.25, 0.3) is 6.08 Å². The molecule has 5 heteroatoms. The van der Waals surface area contributed by atoms with E-state index in [9.17, 15) is 10.2 Å². The highest BCUT2D eigenvalue weighted by atomic mass is 16.5. The van der Waals surface area contributed by atoms with Crippen molar-refractivity contribution in [2.24, 2.45) is 0 Å². The number of fused-ring (bicyclic) bond motifs is 3. The zero-order valence-corrected chi connectivity index (χ0v) is 15.1. The van der Waals surface area contributed by atoms with Crippen LogP contribution in [0, 0.1) is 0 Å². The number of phenolic OH excluding ortho intramolecular Hbond substituents is 2. The first-order valence-corrected chi connectivity index (χ1v) is 8.65. The van der Waals surface area contributed by atoms with Gasteiger partial charge in [-0.05, 0) is 50.1 Å². The van der Waals surface area contributed by atoms with Crippen LogP contribution in [0.2, 0.25) is 0 Å². The van der Waals surface area contributed by atoms with Crippen molar-refractivity contribution in [3.63, 3.8) is 0 Å². The van der Waals surface area contributed by atoms with E-state index in [-0.39, 0.29) is 28.8 Å². The number of ether oxygens (including phenoxy) is 3. The fourth-order valence-electron chi connectivity index (χ4n) is 3.59. The maximum atomic E-state index is 10.3. The minimum atomic E-state index is -0.329. The predicted octanol–water partition coefficient (Wildman–Crippen LogP) is 4.01. The molecule has 2 N–H and O–H groups in total. The van der Waals surface area contributed by atoms with E-state index < -0.39 is 0 Å². The maximum Gasteiger partial charge on any atom is 0.200 e. The lowest BCUT2D eigenvalue weighted by Crippen LogP contribution is -2.28. The second-order valence-electron chi connectivity index (χ2n) is 7.27. The smallest absolute Gasteiger partial charge is 0.200 e. The van der Waals surface area contributed by atoms with Crippen LogP contribution in [-0.4, -0.2) is 29.5 Å². The van der Waals surface area contributed by atoms with Gasteiger partial charge in [0.15, 0.2) is 11.5 Å². The van der Waals surface area contributed by atoms with E-state index >= 15 is 0 Å². The molecule has 1 atom stereocenters. The van der Waals surface area contributed by atoms with E-state index in [0.29, 0.717) is 18.6 Å². The lowest BCUT2D eigenvalue weighted by Gasteiger charge is -2.32. The molecule has 2 heterocycles. The third-order valence-corrected chi connectivity index (χ3v) is 4.96. The van der Waals surface area contributed by atoms with Gasteiger partial charge in [0.05, 0.1) is 19.3 Å². The van der Waals surface area contributed by atoms with Gasteiger partial charge in [-0.3, -0.25) is 0 Å². The summed E-state index contributed by atoms with van der Waals surface area (Å²) in [5, 5.41) is 20.4. The molecule has 4 rings (SSSR count). The highest BCUT2D eigenvalue weighted by molar-refractivity contribution is 5.69. The largest absolute Gasteiger partial charge is 0.504 e. The van der Waals surface area contributed by atoms with Crippen molar-refractivity contribution in [3.8, 4) is 28.7 Å². The van der Waals surface area contributed by atoms with Crippen LogP contribution in [0.4, 0.5) is 0 Å². The van der Waals surface area contributed by atoms with Crippen molar-refractivity contribution in [3.05, 3.63) is 47.0 Å². The molecule has 2 aliphatic rings. The summed E-state index contributed by atoms with van der Waals surface area (Å²) < 4.78 is 17.1. The predicted molar refractivity (Wildman–Crippen MR) is 98.4 cm³/mol. The average molecular weight is 354 g/mol. The lowest BCUT2D eigenvalue weighted by atomic mass is 9.87. The number of aromatic hydroxyl groups is 2. The van der Waals surface area contributed by atoms with Crippen molar-refractivity contribution in [1.29, 1.82) is 0 Å². The summed E-state index contributed by atoms with van der Waals surface area (Å²) in [6.45, 7) is 4.45. The Balaban J connectivity index is 1.67. The first kappa shape index (κ1) is 16.6. The van der Waals surface area contributed by atoms with E-state index in [1.165, 1.54) is 7.11 Å². The Hall–Kier alpha value is -2.82. The molecule has 0 amide bonds. The van der Waals surface area contributed by atoms with Gasteiger partial charge in [0, 0.05) is 11.5 Å². The van der Waals surface area contributed by atoms with Gasteiger partial charge in [0.2, 0.25) is 5.75 Å². The molecular formula is C21H22O5. The van der Waals surface area contributed by atoms with Gasteiger partial charge < -0.3 is 24.4 Å². The third-order valence-electron chi connectivity index (χ3n) is 4.96. The van der Waals surface area contributed by atoms with Crippen LogP contribution < -0.4 is 14.2 Å². The maximum absolute atomic E-state index is 10.3. The molecule has 5 nitrogen and oxygen atoms in total. The molecule has 2 aromatic carbocycles. The third kappa shape index (κ3) is 2.64. The van der Waals surface area contributed by atoms with Gasteiger partial charge in [-0.25, -0.2) is 0 Å². The summed E-state index contributed by atoms with van der Waals surface area (Å²) in [7, 11) is 1.45. The normalized spacial score (nSPS) is 19.7. The second-order valence-corrected chi connectivity index (χ2v) is 7.27. The average Bonchev–Trinajstić information content (AvgIpc) is 2.62. The quantitative estimate of drug-likeness (QED) is 0.798. The summed E-state index contributed by atoms with van der Waals surface area (Å²) in [5.74, 6) is 1.47. The first-order valence-electron chi connectivity index (χ1n) is 8.65. The van der Waals surface area contributed by atoms with Gasteiger partial charge in [-0.1, -0.05) is 12.1 Å². The Bertz CT molecular complexity index is 898. The van der Waals surface area contributed by atoms with Crippen molar-refractivity contribution < 1.29 is 24.4 Å². The van der Waals surface area contributed by atoms with Crippen LogP contribution in [0.5, 0.6) is 28.7 Å². The Labute approximate surface area is 152 Å². The highest BCUT2D eigenvalue weighted by Crippen LogP contribution is 2.46. The Morgan fingerprint density at radius 2 is 1.92 bits per heavy atom. The van der Waals surface area contributed by atoms with Crippen LogP contribution in [0.15, 0.2) is 30.3 Å². The Morgan fingerprint density at radius 1 is 1.12 bits per heavy atom. The standard InChI is InChI=1S/C21H22O5/c1-21(2)9-8-15-16(26-21)6-4-12-10-13(11-25-20(12)15)14-5-7-17(24-3)19(23)18(14)22/h4-9,13,22-23H,10-11H2,1-3H3. The van der Waals surface area contributed by atoms with E-state index in [0.717, 1.165) is 22.6 Å². The van der Waals surface area contributed by atoms with E-state index in [2.05, 4.69) is 6.08 Å². The zero-order valence-electron chi connectivity index (χ0n) is 15.1. The molecule has 26 heavy (non-hydrogen) atoms. The number of benzene rings is 2. The first-order chi connectivity index (χ1) is 12.4. The summed E-state index contributed by atoms with van der Waals surface area (Å²) in [4.78, 5) is 0. The summed E-state index contributed by atoms with van der Waals surface area (Å²) in [5.41, 5.74) is 2.34. The number of rotatable bonds is 2. The fourth-order valence-corrected chi connectivity index (χ4v) is 3.59. The minimum Gasteiger partial charge on any atom is -0.504 e. The van der Waals surface area contributed by atoms with Crippen LogP contribution >= 0.6 is 0 Å². The zero-order chi connectivity index (χ0) is 18.5. The Morgan fingerprint density at radius 3 is 2.69 bits per heavy atom. The molecule has 0 saturated carbocycles. The number of hydrogen-bond donors (Lipinski definition) is 2. The summed E-state index contributed by atoms with van der Waals surface area (Å²) in [6.07, 6.45) is 4.78. The van der Waals surface area contributed by atoms with Gasteiger partial charge >= 0.3 is 0 Å². The molecule has 0 fully saturated rings. The molecule has 0 spiro atoms.